The van der Waals surface area contributed by atoms with E-state index < -0.39 is 0 Å². The molecule has 6 heteroatoms. The maximum Gasteiger partial charge on any atom is 0.253 e. The minimum absolute atomic E-state index is 0.170. The summed E-state index contributed by atoms with van der Waals surface area (Å²) in [7, 11) is 0. The molecule has 1 N–H and O–H groups in total. The largest absolute Gasteiger partial charge is 0.380 e. The van der Waals surface area contributed by atoms with E-state index in [-0.39, 0.29) is 5.91 Å². The van der Waals surface area contributed by atoms with E-state index in [9.17, 15) is 4.79 Å². The van der Waals surface area contributed by atoms with Crippen LogP contribution in [0.5, 0.6) is 0 Å². The van der Waals surface area contributed by atoms with Crippen molar-refractivity contribution in [3.8, 4) is 0 Å². The number of carbonyl (C=O) groups is 1. The second kappa shape index (κ2) is 9.25. The number of amides is 1. The van der Waals surface area contributed by atoms with Gasteiger partial charge in [-0.25, -0.2) is 0 Å². The summed E-state index contributed by atoms with van der Waals surface area (Å²) in [5, 5.41) is 3.75. The molecular formula is C22H34N4O2. The molecule has 3 aliphatic heterocycles. The van der Waals surface area contributed by atoms with Crippen LogP contribution in [0.25, 0.3) is 0 Å². The van der Waals surface area contributed by atoms with E-state index in [0.717, 1.165) is 71.0 Å². The molecule has 0 saturated carbocycles. The number of hydrogen-bond donors (Lipinski definition) is 1. The Morgan fingerprint density at radius 3 is 2.32 bits per heavy atom. The molecule has 0 bridgehead atoms. The highest BCUT2D eigenvalue weighted by molar-refractivity contribution is 5.94. The quantitative estimate of drug-likeness (QED) is 0.836. The SMILES string of the molecule is CCN1CCN(C(=O)c2ccc(N3CCC(NC4CCOC4)CC3)cc2)CC1. The lowest BCUT2D eigenvalue weighted by atomic mass is 10.0. The molecule has 0 radical (unpaired) electrons. The Morgan fingerprint density at radius 2 is 1.71 bits per heavy atom. The van der Waals surface area contributed by atoms with Gasteiger partial charge in [-0.2, -0.15) is 0 Å². The molecule has 28 heavy (non-hydrogen) atoms. The number of piperazine rings is 1. The van der Waals surface area contributed by atoms with Crippen LogP contribution in [0.2, 0.25) is 0 Å². The van der Waals surface area contributed by atoms with E-state index in [1.54, 1.807) is 0 Å². The molecule has 0 aromatic heterocycles. The normalized spacial score (nSPS) is 24.7. The molecule has 6 nitrogen and oxygen atoms in total. The van der Waals surface area contributed by atoms with Crippen molar-refractivity contribution in [1.82, 2.24) is 15.1 Å². The Morgan fingerprint density at radius 1 is 1.00 bits per heavy atom. The highest BCUT2D eigenvalue weighted by Crippen LogP contribution is 2.22. The predicted molar refractivity (Wildman–Crippen MR) is 112 cm³/mol. The van der Waals surface area contributed by atoms with Crippen molar-refractivity contribution in [2.75, 3.05) is 63.9 Å². The van der Waals surface area contributed by atoms with Gasteiger partial charge in [0.05, 0.1) is 6.61 Å². The standard InChI is InChI=1S/C22H34N4O2/c1-2-24-12-14-26(15-13-24)22(27)18-3-5-21(6-4-18)25-10-7-19(8-11-25)23-20-9-16-28-17-20/h3-6,19-20,23H,2,7-17H2,1H3. The van der Waals surface area contributed by atoms with Crippen LogP contribution in [-0.4, -0.2) is 86.8 Å². The molecule has 4 rings (SSSR count). The highest BCUT2D eigenvalue weighted by Gasteiger charge is 2.25. The van der Waals surface area contributed by atoms with Gasteiger partial charge in [-0.3, -0.25) is 4.79 Å². The van der Waals surface area contributed by atoms with Gasteiger partial charge in [-0.15, -0.1) is 0 Å². The fraction of sp³-hybridized carbons (Fsp3) is 0.682. The fourth-order valence-electron chi connectivity index (χ4n) is 4.57. The molecule has 3 fully saturated rings. The summed E-state index contributed by atoms with van der Waals surface area (Å²) < 4.78 is 5.47. The Kier molecular flexibility index (Phi) is 6.50. The zero-order valence-electron chi connectivity index (χ0n) is 17.1. The van der Waals surface area contributed by atoms with Crippen molar-refractivity contribution in [2.45, 2.75) is 38.3 Å². The molecule has 154 valence electrons. The zero-order chi connectivity index (χ0) is 19.3. The van der Waals surface area contributed by atoms with Crippen LogP contribution in [0.3, 0.4) is 0 Å². The van der Waals surface area contributed by atoms with Crippen LogP contribution < -0.4 is 10.2 Å². The first kappa shape index (κ1) is 19.7. The molecule has 0 aliphatic carbocycles. The smallest absolute Gasteiger partial charge is 0.253 e. The molecule has 0 spiro atoms. The predicted octanol–water partition coefficient (Wildman–Crippen LogP) is 1.81. The van der Waals surface area contributed by atoms with Gasteiger partial charge in [0.1, 0.15) is 0 Å². The minimum Gasteiger partial charge on any atom is -0.380 e. The van der Waals surface area contributed by atoms with Crippen molar-refractivity contribution in [1.29, 1.82) is 0 Å². The monoisotopic (exact) mass is 386 g/mol. The summed E-state index contributed by atoms with van der Waals surface area (Å²) in [4.78, 5) is 19.6. The lowest BCUT2D eigenvalue weighted by Gasteiger charge is -2.35. The van der Waals surface area contributed by atoms with Gasteiger partial charge < -0.3 is 24.8 Å². The van der Waals surface area contributed by atoms with Crippen LogP contribution in [0.4, 0.5) is 5.69 Å². The molecule has 3 aliphatic rings. The number of rotatable bonds is 5. The first-order valence-corrected chi connectivity index (χ1v) is 10.9. The van der Waals surface area contributed by atoms with E-state index in [1.807, 2.05) is 17.0 Å². The van der Waals surface area contributed by atoms with Gasteiger partial charge >= 0.3 is 0 Å². The summed E-state index contributed by atoms with van der Waals surface area (Å²) >= 11 is 0. The Balaban J connectivity index is 1.27. The zero-order valence-corrected chi connectivity index (χ0v) is 17.1. The fourth-order valence-corrected chi connectivity index (χ4v) is 4.57. The number of carbonyl (C=O) groups excluding carboxylic acids is 1. The molecule has 3 heterocycles. The van der Waals surface area contributed by atoms with E-state index >= 15 is 0 Å². The van der Waals surface area contributed by atoms with Gasteiger partial charge in [0.2, 0.25) is 0 Å². The van der Waals surface area contributed by atoms with E-state index in [1.165, 1.54) is 18.5 Å². The van der Waals surface area contributed by atoms with Crippen LogP contribution in [0, 0.1) is 0 Å². The highest BCUT2D eigenvalue weighted by atomic mass is 16.5. The van der Waals surface area contributed by atoms with Crippen molar-refractivity contribution < 1.29 is 9.53 Å². The van der Waals surface area contributed by atoms with Crippen LogP contribution in [0.15, 0.2) is 24.3 Å². The summed E-state index contributed by atoms with van der Waals surface area (Å²) in [5.74, 6) is 0.170. The molecule has 1 unspecified atom stereocenters. The maximum absolute atomic E-state index is 12.8. The topological polar surface area (TPSA) is 48.0 Å². The maximum atomic E-state index is 12.8. The number of likely N-dealkylation sites (N-methyl/N-ethyl adjacent to an activating group) is 1. The number of nitrogens with zero attached hydrogens (tertiary/aromatic N) is 3. The molecule has 1 aromatic carbocycles. The van der Waals surface area contributed by atoms with E-state index in [0.29, 0.717) is 12.1 Å². The Labute approximate surface area is 168 Å². The second-order valence-electron chi connectivity index (χ2n) is 8.26. The third-order valence-electron chi connectivity index (χ3n) is 6.48. The number of anilines is 1. The van der Waals surface area contributed by atoms with E-state index in [2.05, 4.69) is 34.2 Å². The lowest BCUT2D eigenvalue weighted by molar-refractivity contribution is 0.0643. The molecule has 1 aromatic rings. The summed E-state index contributed by atoms with van der Waals surface area (Å²) in [6, 6.07) is 9.39. The summed E-state index contributed by atoms with van der Waals surface area (Å²) in [6.45, 7) is 10.8. The van der Waals surface area contributed by atoms with E-state index in [4.69, 9.17) is 4.74 Å². The lowest BCUT2D eigenvalue weighted by Crippen LogP contribution is -2.48. The van der Waals surface area contributed by atoms with Gasteiger partial charge in [0, 0.05) is 69.2 Å². The molecule has 1 amide bonds. The van der Waals surface area contributed by atoms with Crippen LogP contribution in [-0.2, 0) is 4.74 Å². The van der Waals surface area contributed by atoms with Crippen molar-refractivity contribution in [3.05, 3.63) is 29.8 Å². The van der Waals surface area contributed by atoms with Gasteiger partial charge in [-0.05, 0) is 50.1 Å². The summed E-state index contributed by atoms with van der Waals surface area (Å²) in [5.41, 5.74) is 2.04. The van der Waals surface area contributed by atoms with Gasteiger partial charge in [-0.1, -0.05) is 6.92 Å². The van der Waals surface area contributed by atoms with Crippen LogP contribution in [0.1, 0.15) is 36.5 Å². The molecular weight excluding hydrogens is 352 g/mol. The first-order valence-electron chi connectivity index (χ1n) is 10.9. The summed E-state index contributed by atoms with van der Waals surface area (Å²) in [6.07, 6.45) is 3.47. The van der Waals surface area contributed by atoms with Crippen LogP contribution >= 0.6 is 0 Å². The third-order valence-corrected chi connectivity index (χ3v) is 6.48. The number of hydrogen-bond acceptors (Lipinski definition) is 5. The second-order valence-corrected chi connectivity index (χ2v) is 8.26. The third kappa shape index (κ3) is 4.67. The van der Waals surface area contributed by atoms with Crippen molar-refractivity contribution in [2.24, 2.45) is 0 Å². The number of benzene rings is 1. The van der Waals surface area contributed by atoms with Crippen molar-refractivity contribution >= 4 is 11.6 Å². The van der Waals surface area contributed by atoms with Gasteiger partial charge in [0.15, 0.2) is 0 Å². The minimum atomic E-state index is 0.170. The number of piperidine rings is 1. The number of nitrogens with one attached hydrogen (secondary N) is 1. The average Bonchev–Trinajstić information content (AvgIpc) is 3.27. The molecule has 1 atom stereocenters. The first-order chi connectivity index (χ1) is 13.7. The van der Waals surface area contributed by atoms with Gasteiger partial charge in [0.25, 0.3) is 5.91 Å². The Bertz CT molecular complexity index is 628. The Hall–Kier alpha value is -1.63. The van der Waals surface area contributed by atoms with Crippen molar-refractivity contribution in [3.63, 3.8) is 0 Å². The number of ether oxygens (including phenoxy) is 1. The molecule has 3 saturated heterocycles. The average molecular weight is 387 g/mol.